The number of alkyl halides is 2. The molecule has 208 valence electrons. The van der Waals surface area contributed by atoms with Crippen LogP contribution in [0.1, 0.15) is 43.0 Å². The fourth-order valence-corrected chi connectivity index (χ4v) is 7.99. The largest absolute Gasteiger partial charge is 0.454 e. The summed E-state index contributed by atoms with van der Waals surface area (Å²) < 4.78 is 6.09. The number of halogens is 3. The van der Waals surface area contributed by atoms with Gasteiger partial charge in [-0.2, -0.15) is 0 Å². The van der Waals surface area contributed by atoms with Gasteiger partial charge in [-0.05, 0) is 52.6 Å². The number of benzene rings is 4. The summed E-state index contributed by atoms with van der Waals surface area (Å²) in [4.78, 5) is 52.2. The van der Waals surface area contributed by atoms with E-state index in [4.69, 9.17) is 27.9 Å². The smallest absolute Gasteiger partial charge is 0.338 e. The quantitative estimate of drug-likeness (QED) is 0.105. The molecule has 0 aromatic heterocycles. The Morgan fingerprint density at radius 1 is 0.714 bits per heavy atom. The van der Waals surface area contributed by atoms with E-state index in [1.807, 2.05) is 48.5 Å². The van der Waals surface area contributed by atoms with Crippen molar-refractivity contribution in [2.45, 2.75) is 9.75 Å². The van der Waals surface area contributed by atoms with Gasteiger partial charge in [0.25, 0.3) is 0 Å². The highest BCUT2D eigenvalue weighted by Crippen LogP contribution is 2.69. The van der Waals surface area contributed by atoms with Crippen molar-refractivity contribution in [3.63, 3.8) is 0 Å². The van der Waals surface area contributed by atoms with E-state index in [2.05, 4.69) is 15.9 Å². The van der Waals surface area contributed by atoms with Gasteiger partial charge < -0.3 is 4.74 Å². The van der Waals surface area contributed by atoms with E-state index < -0.39 is 46.0 Å². The molecule has 1 heterocycles. The van der Waals surface area contributed by atoms with Crippen molar-refractivity contribution in [1.29, 1.82) is 0 Å². The Morgan fingerprint density at radius 3 is 1.71 bits per heavy atom. The zero-order valence-corrected chi connectivity index (χ0v) is 24.8. The number of esters is 1. The van der Waals surface area contributed by atoms with Gasteiger partial charge in [0.05, 0.1) is 23.1 Å². The molecule has 8 rings (SSSR count). The second-order valence-electron chi connectivity index (χ2n) is 10.5. The molecule has 0 unspecified atom stereocenters. The lowest BCUT2D eigenvalue weighted by molar-refractivity contribution is -0.122. The molecule has 2 bridgehead atoms. The Labute approximate surface area is 259 Å². The highest BCUT2D eigenvalue weighted by molar-refractivity contribution is 9.10. The van der Waals surface area contributed by atoms with Crippen LogP contribution in [0.3, 0.4) is 0 Å². The van der Waals surface area contributed by atoms with Gasteiger partial charge in [-0.15, -0.1) is 23.2 Å². The third-order valence-electron chi connectivity index (χ3n) is 8.43. The predicted octanol–water partition coefficient (Wildman–Crippen LogP) is 6.59. The van der Waals surface area contributed by atoms with Crippen LogP contribution in [0.2, 0.25) is 0 Å². The van der Waals surface area contributed by atoms with Crippen LogP contribution in [0.15, 0.2) is 102 Å². The number of carbonyl (C=O) groups excluding carboxylic acids is 4. The van der Waals surface area contributed by atoms with E-state index in [-0.39, 0.29) is 17.0 Å². The van der Waals surface area contributed by atoms with Crippen LogP contribution in [0.25, 0.3) is 0 Å². The molecular weight excluding hydrogens is 641 g/mol. The molecule has 2 atom stereocenters. The Bertz CT molecular complexity index is 1720. The van der Waals surface area contributed by atoms with Gasteiger partial charge in [0.2, 0.25) is 11.8 Å². The number of rotatable bonds is 5. The summed E-state index contributed by atoms with van der Waals surface area (Å²) in [6.45, 7) is -0.462. The number of Topliss-reactive ketones (excluding diaryl/α,β-unsaturated/α-hetero) is 1. The molecule has 6 nitrogen and oxygen atoms in total. The van der Waals surface area contributed by atoms with E-state index in [0.29, 0.717) is 27.8 Å². The predicted molar refractivity (Wildman–Crippen MR) is 161 cm³/mol. The van der Waals surface area contributed by atoms with Crippen LogP contribution in [0.4, 0.5) is 5.69 Å². The van der Waals surface area contributed by atoms with Gasteiger partial charge in [0.1, 0.15) is 9.75 Å². The SMILES string of the molecule is O=C(COC(=O)c1cccc(N2C(=O)[C@@H]3[C@@H](C2=O)C2(Cl)c4ccccc4C3(Cl)c3ccccc32)c1)c1ccc(Br)cc1. The number of ketones is 1. The Hall–Kier alpha value is -3.78. The number of hydrogen-bond donors (Lipinski definition) is 0. The van der Waals surface area contributed by atoms with Crippen LogP contribution < -0.4 is 4.90 Å². The van der Waals surface area contributed by atoms with Crippen LogP contribution in [0, 0.1) is 11.8 Å². The minimum absolute atomic E-state index is 0.0855. The summed E-state index contributed by atoms with van der Waals surface area (Å²) >= 11 is 18.3. The second kappa shape index (κ2) is 9.63. The average molecular weight is 661 g/mol. The molecule has 1 aliphatic heterocycles. The number of imide groups is 1. The Balaban J connectivity index is 1.22. The summed E-state index contributed by atoms with van der Waals surface area (Å²) in [6, 6.07) is 27.5. The summed E-state index contributed by atoms with van der Waals surface area (Å²) in [5.41, 5.74) is 3.50. The topological polar surface area (TPSA) is 80.8 Å². The summed E-state index contributed by atoms with van der Waals surface area (Å²) in [7, 11) is 0. The van der Waals surface area contributed by atoms with Crippen LogP contribution in [-0.4, -0.2) is 30.2 Å². The number of nitrogens with zero attached hydrogens (tertiary/aromatic N) is 1. The van der Waals surface area contributed by atoms with Crippen molar-refractivity contribution in [2.75, 3.05) is 11.5 Å². The Morgan fingerprint density at radius 2 is 1.21 bits per heavy atom. The molecule has 3 aliphatic carbocycles. The molecule has 0 saturated carbocycles. The lowest BCUT2D eigenvalue weighted by Gasteiger charge is -2.54. The first kappa shape index (κ1) is 27.1. The third kappa shape index (κ3) is 3.63. The van der Waals surface area contributed by atoms with Gasteiger partial charge in [0, 0.05) is 10.0 Å². The standard InChI is InChI=1S/C33H20BrCl2NO5/c34-20-14-12-18(13-15-20)26(38)17-42-31(41)19-6-5-7-21(16-19)37-29(39)27-28(30(37)40)33(36)23-9-2-1-8-22(23)32(27,35)24-10-3-4-11-25(24)33/h1-16,27-28H,17H2/t27-,28-,32?,33?/m0/s1. The number of ether oxygens (including phenoxy) is 1. The zero-order valence-electron chi connectivity index (χ0n) is 21.7. The van der Waals surface area contributed by atoms with E-state index in [1.165, 1.54) is 12.1 Å². The highest BCUT2D eigenvalue weighted by Gasteiger charge is 2.73. The van der Waals surface area contributed by atoms with Crippen molar-refractivity contribution >= 4 is 68.4 Å². The monoisotopic (exact) mass is 659 g/mol. The lowest BCUT2D eigenvalue weighted by Crippen LogP contribution is -2.57. The van der Waals surface area contributed by atoms with E-state index in [1.54, 1.807) is 36.4 Å². The number of carbonyl (C=O) groups is 4. The zero-order chi connectivity index (χ0) is 29.4. The van der Waals surface area contributed by atoms with Crippen molar-refractivity contribution in [3.05, 3.63) is 135 Å². The summed E-state index contributed by atoms with van der Waals surface area (Å²) in [5, 5.41) is 0. The summed E-state index contributed by atoms with van der Waals surface area (Å²) in [6.07, 6.45) is 0. The first-order valence-corrected chi connectivity index (χ1v) is 14.7. The third-order valence-corrected chi connectivity index (χ3v) is 10.2. The molecule has 42 heavy (non-hydrogen) atoms. The maximum absolute atomic E-state index is 14.2. The van der Waals surface area contributed by atoms with Crippen molar-refractivity contribution < 1.29 is 23.9 Å². The van der Waals surface area contributed by atoms with Gasteiger partial charge >= 0.3 is 5.97 Å². The maximum atomic E-state index is 14.2. The highest BCUT2D eigenvalue weighted by atomic mass is 79.9. The van der Waals surface area contributed by atoms with Gasteiger partial charge in [-0.25, -0.2) is 9.69 Å². The van der Waals surface area contributed by atoms with Crippen LogP contribution >= 0.6 is 39.1 Å². The number of hydrogen-bond acceptors (Lipinski definition) is 5. The first-order chi connectivity index (χ1) is 20.2. The van der Waals surface area contributed by atoms with Crippen LogP contribution in [0.5, 0.6) is 0 Å². The molecule has 0 N–H and O–H groups in total. The van der Waals surface area contributed by atoms with Crippen molar-refractivity contribution in [2.24, 2.45) is 11.8 Å². The lowest BCUT2D eigenvalue weighted by atomic mass is 9.54. The van der Waals surface area contributed by atoms with Crippen molar-refractivity contribution in [1.82, 2.24) is 0 Å². The maximum Gasteiger partial charge on any atom is 0.338 e. The average Bonchev–Trinajstić information content (AvgIpc) is 3.29. The van der Waals surface area contributed by atoms with Crippen molar-refractivity contribution in [3.8, 4) is 0 Å². The molecule has 4 aliphatic rings. The Kier molecular flexibility index (Phi) is 6.21. The molecule has 2 amide bonds. The molecule has 4 aromatic rings. The van der Waals surface area contributed by atoms with E-state index in [9.17, 15) is 19.2 Å². The van der Waals surface area contributed by atoms with Gasteiger partial charge in [0.15, 0.2) is 12.4 Å². The molecule has 1 saturated heterocycles. The molecule has 0 radical (unpaired) electrons. The minimum Gasteiger partial charge on any atom is -0.454 e. The molecule has 1 fully saturated rings. The number of anilines is 1. The normalized spacial score (nSPS) is 25.1. The van der Waals surface area contributed by atoms with Gasteiger partial charge in [-0.1, -0.05) is 82.7 Å². The first-order valence-electron chi connectivity index (χ1n) is 13.2. The fraction of sp³-hybridized carbons (Fsp3) is 0.152. The fourth-order valence-electron chi connectivity index (χ4n) is 6.63. The molecule has 9 heteroatoms. The molecule has 0 spiro atoms. The second-order valence-corrected chi connectivity index (χ2v) is 12.6. The molecule has 4 aromatic carbocycles. The molecular formula is C33H20BrCl2NO5. The number of amides is 2. The van der Waals surface area contributed by atoms with E-state index >= 15 is 0 Å². The summed E-state index contributed by atoms with van der Waals surface area (Å²) in [5.74, 6) is -4.05. The van der Waals surface area contributed by atoms with Crippen LogP contribution in [-0.2, 0) is 24.1 Å². The minimum atomic E-state index is -1.31. The van der Waals surface area contributed by atoms with Gasteiger partial charge in [-0.3, -0.25) is 14.4 Å². The van der Waals surface area contributed by atoms with E-state index in [0.717, 1.165) is 9.37 Å².